The normalized spacial score (nSPS) is 13.7. The lowest BCUT2D eigenvalue weighted by Gasteiger charge is -2.10. The number of ether oxygens (including phenoxy) is 1. The van der Waals surface area contributed by atoms with E-state index in [4.69, 9.17) is 9.84 Å². The highest BCUT2D eigenvalue weighted by Crippen LogP contribution is 2.08. The van der Waals surface area contributed by atoms with Gasteiger partial charge in [0.2, 0.25) is 0 Å². The first-order valence-electron chi connectivity index (χ1n) is 4.97. The number of sulfone groups is 1. The van der Waals surface area contributed by atoms with Gasteiger partial charge in [-0.1, -0.05) is 6.92 Å². The molecule has 0 spiro atoms. The van der Waals surface area contributed by atoms with Crippen molar-refractivity contribution in [2.75, 3.05) is 19.0 Å². The highest BCUT2D eigenvalue weighted by atomic mass is 32.2. The summed E-state index contributed by atoms with van der Waals surface area (Å²) in [6.45, 7) is 4.27. The van der Waals surface area contributed by atoms with Crippen LogP contribution >= 0.6 is 0 Å². The molecule has 5 nitrogen and oxygen atoms in total. The van der Waals surface area contributed by atoms with E-state index in [9.17, 15) is 13.2 Å². The van der Waals surface area contributed by atoms with Gasteiger partial charge in [0.05, 0.1) is 5.75 Å². The van der Waals surface area contributed by atoms with Crippen molar-refractivity contribution in [1.82, 2.24) is 0 Å². The summed E-state index contributed by atoms with van der Waals surface area (Å²) in [7, 11) is -3.53. The maximum atomic E-state index is 11.5. The monoisotopic (exact) mass is 238 g/mol. The van der Waals surface area contributed by atoms with Crippen LogP contribution in [0.4, 0.5) is 0 Å². The van der Waals surface area contributed by atoms with Gasteiger partial charge in [0.25, 0.3) is 0 Å². The van der Waals surface area contributed by atoms with Crippen LogP contribution in [0.25, 0.3) is 0 Å². The lowest BCUT2D eigenvalue weighted by molar-refractivity contribution is -0.136. The summed E-state index contributed by atoms with van der Waals surface area (Å²) in [6, 6.07) is 0. The molecule has 0 aliphatic heterocycles. The molecule has 1 N–H and O–H groups in total. The van der Waals surface area contributed by atoms with Crippen LogP contribution < -0.4 is 0 Å². The lowest BCUT2D eigenvalue weighted by Crippen LogP contribution is -2.31. The predicted molar refractivity (Wildman–Crippen MR) is 56.6 cm³/mol. The minimum Gasteiger partial charge on any atom is -0.480 e. The number of carboxylic acid groups (broad SMARTS) is 1. The number of carboxylic acids is 1. The summed E-state index contributed by atoms with van der Waals surface area (Å²) in [6.07, 6.45) is 0.451. The first-order valence-corrected chi connectivity index (χ1v) is 6.69. The van der Waals surface area contributed by atoms with Gasteiger partial charge in [-0.15, -0.1) is 0 Å². The molecule has 0 aromatic rings. The first-order chi connectivity index (χ1) is 6.95. The third-order valence-corrected chi connectivity index (χ3v) is 4.26. The molecule has 90 valence electrons. The zero-order valence-corrected chi connectivity index (χ0v) is 9.92. The van der Waals surface area contributed by atoms with E-state index < -0.39 is 21.1 Å². The standard InChI is InChI=1S/C9H18O5S/c1-3-8(9(10)11)15(12,13)7-5-6-14-4-2/h8H,3-7H2,1-2H3,(H,10,11). The summed E-state index contributed by atoms with van der Waals surface area (Å²) in [5.41, 5.74) is 0. The minimum atomic E-state index is -3.53. The van der Waals surface area contributed by atoms with Crippen molar-refractivity contribution in [3.63, 3.8) is 0 Å². The fourth-order valence-corrected chi connectivity index (χ4v) is 2.85. The molecule has 0 heterocycles. The molecule has 0 saturated heterocycles. The van der Waals surface area contributed by atoms with E-state index in [-0.39, 0.29) is 12.2 Å². The van der Waals surface area contributed by atoms with E-state index in [2.05, 4.69) is 0 Å². The van der Waals surface area contributed by atoms with Crippen LogP contribution in [0.3, 0.4) is 0 Å². The third-order valence-electron chi connectivity index (χ3n) is 2.00. The smallest absolute Gasteiger partial charge is 0.321 e. The summed E-state index contributed by atoms with van der Waals surface area (Å²) in [4.78, 5) is 10.7. The summed E-state index contributed by atoms with van der Waals surface area (Å²) < 4.78 is 28.1. The van der Waals surface area contributed by atoms with Gasteiger partial charge in [-0.25, -0.2) is 8.42 Å². The topological polar surface area (TPSA) is 80.7 Å². The molecule has 15 heavy (non-hydrogen) atoms. The van der Waals surface area contributed by atoms with Crippen LogP contribution in [0.1, 0.15) is 26.7 Å². The molecule has 0 aliphatic rings. The van der Waals surface area contributed by atoms with Crippen molar-refractivity contribution in [1.29, 1.82) is 0 Å². The molecule has 0 fully saturated rings. The molecule has 0 rings (SSSR count). The molecule has 0 aliphatic carbocycles. The largest absolute Gasteiger partial charge is 0.480 e. The molecule has 0 radical (unpaired) electrons. The third kappa shape index (κ3) is 5.13. The molecule has 0 aromatic heterocycles. The average Bonchev–Trinajstić information content (AvgIpc) is 2.12. The van der Waals surface area contributed by atoms with Gasteiger partial charge in [-0.05, 0) is 19.8 Å². The Hall–Kier alpha value is -0.620. The van der Waals surface area contributed by atoms with Crippen LogP contribution in [-0.2, 0) is 19.4 Å². The predicted octanol–water partition coefficient (Wildman–Crippen LogP) is 0.691. The molecule has 0 bridgehead atoms. The Morgan fingerprint density at radius 3 is 2.40 bits per heavy atom. The average molecular weight is 238 g/mol. The molecule has 6 heteroatoms. The van der Waals surface area contributed by atoms with E-state index in [1.165, 1.54) is 0 Å². The van der Waals surface area contributed by atoms with E-state index >= 15 is 0 Å². The van der Waals surface area contributed by atoms with Crippen LogP contribution in [-0.4, -0.2) is 43.7 Å². The second kappa shape index (κ2) is 6.79. The van der Waals surface area contributed by atoms with Crippen molar-refractivity contribution in [2.45, 2.75) is 31.9 Å². The first kappa shape index (κ1) is 14.4. The minimum absolute atomic E-state index is 0.103. The number of hydrogen-bond acceptors (Lipinski definition) is 4. The van der Waals surface area contributed by atoms with Gasteiger partial charge in [0.1, 0.15) is 0 Å². The summed E-state index contributed by atoms with van der Waals surface area (Å²) >= 11 is 0. The summed E-state index contributed by atoms with van der Waals surface area (Å²) in [5.74, 6) is -1.40. The van der Waals surface area contributed by atoms with E-state index in [0.717, 1.165) is 0 Å². The molecular formula is C9H18O5S. The number of carbonyl (C=O) groups is 1. The molecule has 1 atom stereocenters. The number of rotatable bonds is 8. The van der Waals surface area contributed by atoms with Crippen LogP contribution in [0.15, 0.2) is 0 Å². The molecule has 0 amide bonds. The molecule has 1 unspecified atom stereocenters. The van der Waals surface area contributed by atoms with Crippen LogP contribution in [0.5, 0.6) is 0 Å². The van der Waals surface area contributed by atoms with E-state index in [1.807, 2.05) is 6.92 Å². The van der Waals surface area contributed by atoms with E-state index in [0.29, 0.717) is 19.6 Å². The fourth-order valence-electron chi connectivity index (χ4n) is 1.23. The van der Waals surface area contributed by atoms with Crippen molar-refractivity contribution in [2.24, 2.45) is 0 Å². The quantitative estimate of drug-likeness (QED) is 0.629. The van der Waals surface area contributed by atoms with Gasteiger partial charge in [0, 0.05) is 13.2 Å². The van der Waals surface area contributed by atoms with Crippen molar-refractivity contribution in [3.8, 4) is 0 Å². The second-order valence-electron chi connectivity index (χ2n) is 3.15. The van der Waals surface area contributed by atoms with Crippen molar-refractivity contribution in [3.05, 3.63) is 0 Å². The summed E-state index contributed by atoms with van der Waals surface area (Å²) in [5, 5.41) is 7.42. The molecule has 0 saturated carbocycles. The SMILES string of the molecule is CCOCCCS(=O)(=O)C(CC)C(=O)O. The fraction of sp³-hybridized carbons (Fsp3) is 0.889. The highest BCUT2D eigenvalue weighted by Gasteiger charge is 2.29. The number of aliphatic carboxylic acids is 1. The lowest BCUT2D eigenvalue weighted by atomic mass is 10.3. The van der Waals surface area contributed by atoms with Crippen molar-refractivity contribution >= 4 is 15.8 Å². The van der Waals surface area contributed by atoms with E-state index in [1.54, 1.807) is 6.92 Å². The Morgan fingerprint density at radius 2 is 2.00 bits per heavy atom. The van der Waals surface area contributed by atoms with Gasteiger partial charge < -0.3 is 9.84 Å². The van der Waals surface area contributed by atoms with Gasteiger partial charge in [-0.2, -0.15) is 0 Å². The second-order valence-corrected chi connectivity index (χ2v) is 5.46. The van der Waals surface area contributed by atoms with Crippen LogP contribution in [0, 0.1) is 0 Å². The molecule has 0 aromatic carbocycles. The Bertz CT molecular complexity index is 283. The van der Waals surface area contributed by atoms with Gasteiger partial charge in [-0.3, -0.25) is 4.79 Å². The van der Waals surface area contributed by atoms with Crippen LogP contribution in [0.2, 0.25) is 0 Å². The Balaban J connectivity index is 4.21. The van der Waals surface area contributed by atoms with Gasteiger partial charge >= 0.3 is 5.97 Å². The van der Waals surface area contributed by atoms with Crippen molar-refractivity contribution < 1.29 is 23.1 Å². The zero-order chi connectivity index (χ0) is 11.9. The highest BCUT2D eigenvalue weighted by molar-refractivity contribution is 7.92. The Morgan fingerprint density at radius 1 is 1.40 bits per heavy atom. The maximum absolute atomic E-state index is 11.5. The zero-order valence-electron chi connectivity index (χ0n) is 9.10. The Labute approximate surface area is 90.4 Å². The van der Waals surface area contributed by atoms with Gasteiger partial charge in [0.15, 0.2) is 15.1 Å². The molecular weight excluding hydrogens is 220 g/mol. The number of hydrogen-bond donors (Lipinski definition) is 1. The Kier molecular flexibility index (Phi) is 6.51. The maximum Gasteiger partial charge on any atom is 0.321 e.